The summed E-state index contributed by atoms with van der Waals surface area (Å²) in [6, 6.07) is 13.6. The second-order valence-corrected chi connectivity index (χ2v) is 7.10. The first-order valence-corrected chi connectivity index (χ1v) is 10.1. The van der Waals surface area contributed by atoms with Crippen molar-refractivity contribution in [1.82, 2.24) is 14.5 Å². The Morgan fingerprint density at radius 1 is 1.18 bits per heavy atom. The smallest absolute Gasteiger partial charge is 0.261 e. The number of nitrogens with zero attached hydrogens (tertiary/aromatic N) is 3. The number of hydrogen-bond donors (Lipinski definition) is 2. The summed E-state index contributed by atoms with van der Waals surface area (Å²) in [5.74, 6) is -0.0119. The van der Waals surface area contributed by atoms with E-state index in [4.69, 9.17) is 15.7 Å². The number of methoxy groups -OCH3 is 1. The van der Waals surface area contributed by atoms with E-state index < -0.39 is 0 Å². The van der Waals surface area contributed by atoms with E-state index in [2.05, 4.69) is 9.97 Å². The van der Waals surface area contributed by atoms with Gasteiger partial charge in [-0.25, -0.2) is 4.98 Å². The van der Waals surface area contributed by atoms with E-state index >= 15 is 0 Å². The van der Waals surface area contributed by atoms with Crippen LogP contribution in [-0.4, -0.2) is 39.2 Å². The van der Waals surface area contributed by atoms with Crippen molar-refractivity contribution < 1.29 is 47.4 Å². The SMILES string of the molecule is CC(=O)c1cccc(NO)c1.COCCn1cnc2ccc([NH-])c(-c3ccncc3)c2c1=O.[Y]. The zero-order chi connectivity index (χ0) is 23.8. The van der Waals surface area contributed by atoms with Crippen LogP contribution in [-0.2, 0) is 44.0 Å². The van der Waals surface area contributed by atoms with E-state index in [9.17, 15) is 9.59 Å². The minimum atomic E-state index is -0.164. The summed E-state index contributed by atoms with van der Waals surface area (Å²) in [5.41, 5.74) is 13.3. The standard InChI is InChI=1S/C16H15N4O2.C8H9NO2.Y/c1-22-9-8-20-10-19-13-3-2-12(17)14(15(13)16(20)21)11-4-6-18-7-5-11;1-6(10)7-3-2-4-8(5-7)9-11;/h2-7,10H,8-9H2,1H3,(H-,17,18);2-5,9,11H,1H3;/q-1;;. The molecule has 9 nitrogen and oxygen atoms in total. The van der Waals surface area contributed by atoms with Crippen molar-refractivity contribution in [2.24, 2.45) is 0 Å². The summed E-state index contributed by atoms with van der Waals surface area (Å²) < 4.78 is 6.53. The zero-order valence-corrected chi connectivity index (χ0v) is 21.7. The van der Waals surface area contributed by atoms with Crippen LogP contribution in [0.25, 0.3) is 27.8 Å². The molecule has 0 spiro atoms. The number of Topliss-reactive ketones (excluding diaryl/α,β-unsaturated/α-hetero) is 1. The van der Waals surface area contributed by atoms with Crippen LogP contribution in [0.4, 0.5) is 11.4 Å². The molecule has 3 N–H and O–H groups in total. The molecular weight excluding hydrogens is 511 g/mol. The number of anilines is 1. The van der Waals surface area contributed by atoms with Crippen molar-refractivity contribution in [3.05, 3.63) is 88.9 Å². The number of carbonyl (C=O) groups excluding carboxylic acids is 1. The molecule has 0 aliphatic heterocycles. The van der Waals surface area contributed by atoms with Gasteiger partial charge in [0.2, 0.25) is 0 Å². The van der Waals surface area contributed by atoms with Gasteiger partial charge in [-0.3, -0.25) is 29.8 Å². The Morgan fingerprint density at radius 3 is 2.56 bits per heavy atom. The number of ketones is 1. The maximum absolute atomic E-state index is 12.7. The monoisotopic (exact) mass is 535 g/mol. The molecule has 0 fully saturated rings. The van der Waals surface area contributed by atoms with Crippen LogP contribution < -0.4 is 11.0 Å². The second-order valence-electron chi connectivity index (χ2n) is 7.10. The van der Waals surface area contributed by atoms with E-state index in [-0.39, 0.29) is 44.1 Å². The van der Waals surface area contributed by atoms with Crippen molar-refractivity contribution >= 4 is 28.1 Å². The van der Waals surface area contributed by atoms with Gasteiger partial charge in [0.1, 0.15) is 0 Å². The zero-order valence-electron chi connectivity index (χ0n) is 18.9. The Balaban J connectivity index is 0.000000289. The number of hydrogen-bond acceptors (Lipinski definition) is 7. The maximum atomic E-state index is 12.7. The number of ether oxygens (including phenoxy) is 1. The van der Waals surface area contributed by atoms with Crippen molar-refractivity contribution in [2.45, 2.75) is 13.5 Å². The first-order chi connectivity index (χ1) is 16.0. The largest absolute Gasteiger partial charge is 0.698 e. The topological polar surface area (TPSA) is 130 Å². The van der Waals surface area contributed by atoms with Crippen molar-refractivity contribution in [3.63, 3.8) is 0 Å². The second kappa shape index (κ2) is 13.0. The van der Waals surface area contributed by atoms with Crippen LogP contribution in [0.15, 0.2) is 72.0 Å². The van der Waals surface area contributed by atoms with Gasteiger partial charge in [0.25, 0.3) is 5.56 Å². The van der Waals surface area contributed by atoms with E-state index in [0.717, 1.165) is 5.56 Å². The van der Waals surface area contributed by atoms with E-state index in [1.807, 2.05) is 5.48 Å². The molecule has 10 heteroatoms. The summed E-state index contributed by atoms with van der Waals surface area (Å²) in [6.45, 7) is 2.34. The molecule has 0 amide bonds. The fraction of sp³-hybridized carbons (Fsp3) is 0.167. The van der Waals surface area contributed by atoms with Gasteiger partial charge >= 0.3 is 0 Å². The number of aromatic nitrogens is 3. The average Bonchev–Trinajstić information content (AvgIpc) is 2.85. The molecule has 4 rings (SSSR count). The van der Waals surface area contributed by atoms with Gasteiger partial charge in [0.05, 0.1) is 36.1 Å². The van der Waals surface area contributed by atoms with Crippen LogP contribution in [0.1, 0.15) is 17.3 Å². The Bertz CT molecular complexity index is 1310. The third-order valence-electron chi connectivity index (χ3n) is 4.90. The van der Waals surface area contributed by atoms with E-state index in [0.29, 0.717) is 46.6 Å². The Morgan fingerprint density at radius 2 is 1.91 bits per heavy atom. The van der Waals surface area contributed by atoms with Crippen LogP contribution in [0.3, 0.4) is 0 Å². The van der Waals surface area contributed by atoms with Crippen LogP contribution in [0.2, 0.25) is 0 Å². The van der Waals surface area contributed by atoms with Gasteiger partial charge in [-0.2, -0.15) is 0 Å². The first-order valence-electron chi connectivity index (χ1n) is 10.1. The Kier molecular flexibility index (Phi) is 10.5. The van der Waals surface area contributed by atoms with Gasteiger partial charge in [-0.05, 0) is 48.4 Å². The fourth-order valence-electron chi connectivity index (χ4n) is 3.22. The molecule has 0 saturated carbocycles. The van der Waals surface area contributed by atoms with Crippen LogP contribution in [0, 0.1) is 0 Å². The summed E-state index contributed by atoms with van der Waals surface area (Å²) in [5, 5.41) is 8.94. The molecule has 2 aromatic carbocycles. The average molecular weight is 535 g/mol. The number of rotatable bonds is 6. The molecule has 2 aromatic heterocycles. The first kappa shape index (κ1) is 27.3. The predicted molar refractivity (Wildman–Crippen MR) is 127 cm³/mol. The molecule has 173 valence electrons. The van der Waals surface area contributed by atoms with Crippen LogP contribution in [0.5, 0.6) is 0 Å². The molecular formula is C24H24N5O4Y-. The normalized spacial score (nSPS) is 10.1. The molecule has 34 heavy (non-hydrogen) atoms. The number of pyridine rings is 1. The Hall–Kier alpha value is -2.98. The minimum absolute atomic E-state index is 0. The molecule has 0 bridgehead atoms. The number of benzene rings is 2. The van der Waals surface area contributed by atoms with E-state index in [1.165, 1.54) is 17.8 Å². The third-order valence-corrected chi connectivity index (χ3v) is 4.90. The summed E-state index contributed by atoms with van der Waals surface area (Å²) in [4.78, 5) is 31.9. The summed E-state index contributed by atoms with van der Waals surface area (Å²) >= 11 is 0. The number of carbonyl (C=O) groups is 1. The molecule has 2 heterocycles. The van der Waals surface area contributed by atoms with Gasteiger partial charge in [0.15, 0.2) is 5.78 Å². The van der Waals surface area contributed by atoms with Crippen molar-refractivity contribution in [1.29, 1.82) is 0 Å². The molecule has 0 aliphatic carbocycles. The van der Waals surface area contributed by atoms with E-state index in [1.54, 1.807) is 68.0 Å². The maximum Gasteiger partial charge on any atom is 0.261 e. The summed E-state index contributed by atoms with van der Waals surface area (Å²) in [6.07, 6.45) is 4.81. The van der Waals surface area contributed by atoms with Crippen molar-refractivity contribution in [2.75, 3.05) is 19.2 Å². The molecule has 0 saturated heterocycles. The molecule has 0 atom stereocenters. The summed E-state index contributed by atoms with van der Waals surface area (Å²) in [7, 11) is 1.59. The van der Waals surface area contributed by atoms with Gasteiger partial charge in [-0.1, -0.05) is 18.2 Å². The molecule has 0 aliphatic rings. The predicted octanol–water partition coefficient (Wildman–Crippen LogP) is 4.48. The van der Waals surface area contributed by atoms with Crippen LogP contribution >= 0.6 is 0 Å². The van der Waals surface area contributed by atoms with Gasteiger partial charge < -0.3 is 10.5 Å². The molecule has 4 aromatic rings. The molecule has 1 radical (unpaired) electrons. The third kappa shape index (κ3) is 6.54. The van der Waals surface area contributed by atoms with Gasteiger partial charge in [-0.15, -0.1) is 5.69 Å². The fourth-order valence-corrected chi connectivity index (χ4v) is 3.22. The quantitative estimate of drug-likeness (QED) is 0.275. The Labute approximate surface area is 221 Å². The number of nitrogens with one attached hydrogen (secondary N) is 2. The minimum Gasteiger partial charge on any atom is -0.698 e. The molecule has 0 unspecified atom stereocenters. The number of fused-ring (bicyclic) bond motifs is 1. The van der Waals surface area contributed by atoms with Gasteiger partial charge in [0, 0.05) is 57.8 Å². The van der Waals surface area contributed by atoms with Crippen molar-refractivity contribution in [3.8, 4) is 11.1 Å².